The van der Waals surface area contributed by atoms with Gasteiger partial charge in [0.1, 0.15) is 4.88 Å². The van der Waals surface area contributed by atoms with Crippen LogP contribution in [0.15, 0.2) is 4.52 Å². The highest BCUT2D eigenvalue weighted by Gasteiger charge is 2.16. The lowest BCUT2D eigenvalue weighted by molar-refractivity contribution is 0.426. The molecule has 2 aromatic rings. The number of nitrogen functional groups attached to an aromatic ring is 1. The topological polar surface area (TPSA) is 77.8 Å². The predicted molar refractivity (Wildman–Crippen MR) is 58.6 cm³/mol. The fourth-order valence-electron chi connectivity index (χ4n) is 1.33. The van der Waals surface area contributed by atoms with E-state index >= 15 is 0 Å². The fourth-order valence-corrected chi connectivity index (χ4v) is 2.13. The first-order valence-electron chi connectivity index (χ1n) is 4.76. The molecule has 0 unspecified atom stereocenters. The van der Waals surface area contributed by atoms with Gasteiger partial charge in [0.2, 0.25) is 0 Å². The quantitative estimate of drug-likeness (QED) is 0.863. The summed E-state index contributed by atoms with van der Waals surface area (Å²) in [5, 5.41) is 4.30. The van der Waals surface area contributed by atoms with Crippen LogP contribution in [-0.4, -0.2) is 15.1 Å². The van der Waals surface area contributed by atoms with E-state index < -0.39 is 0 Å². The van der Waals surface area contributed by atoms with Crippen LogP contribution in [0.5, 0.6) is 0 Å². The first-order valence-corrected chi connectivity index (χ1v) is 5.58. The number of nitrogens with zero attached hydrogens (tertiary/aromatic N) is 3. The molecule has 0 fully saturated rings. The predicted octanol–water partition coefficient (Wildman–Crippen LogP) is 2.04. The van der Waals surface area contributed by atoms with E-state index in [0.29, 0.717) is 16.8 Å². The van der Waals surface area contributed by atoms with E-state index in [2.05, 4.69) is 22.0 Å². The highest BCUT2D eigenvalue weighted by molar-refractivity contribution is 7.18. The summed E-state index contributed by atoms with van der Waals surface area (Å²) in [6.45, 7) is 3.88. The first kappa shape index (κ1) is 10.1. The molecule has 0 spiro atoms. The number of hydrogen-bond acceptors (Lipinski definition) is 6. The van der Waals surface area contributed by atoms with Crippen LogP contribution >= 0.6 is 11.3 Å². The Labute approximate surface area is 91.3 Å². The number of nitrogens with two attached hydrogens (primary N) is 1. The molecule has 0 radical (unpaired) electrons. The summed E-state index contributed by atoms with van der Waals surface area (Å²) in [6.07, 6.45) is 1.90. The van der Waals surface area contributed by atoms with E-state index in [4.69, 9.17) is 10.3 Å². The highest BCUT2D eigenvalue weighted by Crippen LogP contribution is 2.31. The van der Waals surface area contributed by atoms with Gasteiger partial charge in [0, 0.05) is 0 Å². The van der Waals surface area contributed by atoms with Gasteiger partial charge in [0.15, 0.2) is 11.0 Å². The molecule has 15 heavy (non-hydrogen) atoms. The van der Waals surface area contributed by atoms with Crippen LogP contribution in [0.3, 0.4) is 0 Å². The smallest absolute Gasteiger partial charge is 0.269 e. The summed E-state index contributed by atoms with van der Waals surface area (Å²) in [5.41, 5.74) is 6.62. The molecule has 2 N–H and O–H groups in total. The van der Waals surface area contributed by atoms with Gasteiger partial charge in [-0.25, -0.2) is 4.98 Å². The van der Waals surface area contributed by atoms with E-state index in [1.807, 2.05) is 0 Å². The SMILES string of the molecule is CCCc1nc(N)sc1-c1nc(C)no1. The van der Waals surface area contributed by atoms with Crippen molar-refractivity contribution in [3.8, 4) is 10.8 Å². The largest absolute Gasteiger partial charge is 0.375 e. The minimum atomic E-state index is 0.519. The molecule has 2 heterocycles. The average molecular weight is 224 g/mol. The molecule has 0 saturated carbocycles. The van der Waals surface area contributed by atoms with Gasteiger partial charge in [-0.2, -0.15) is 4.98 Å². The van der Waals surface area contributed by atoms with Gasteiger partial charge < -0.3 is 10.3 Å². The summed E-state index contributed by atoms with van der Waals surface area (Å²) in [4.78, 5) is 9.33. The number of rotatable bonds is 3. The number of thiazole rings is 1. The Hall–Kier alpha value is -1.43. The molecule has 0 saturated heterocycles. The molecule has 2 aromatic heterocycles. The van der Waals surface area contributed by atoms with Crippen LogP contribution in [0.4, 0.5) is 5.13 Å². The van der Waals surface area contributed by atoms with Crippen molar-refractivity contribution in [3.05, 3.63) is 11.5 Å². The second-order valence-electron chi connectivity index (χ2n) is 3.22. The van der Waals surface area contributed by atoms with Gasteiger partial charge in [0.05, 0.1) is 5.69 Å². The first-order chi connectivity index (χ1) is 7.20. The molecule has 0 aliphatic rings. The Morgan fingerprint density at radius 2 is 2.20 bits per heavy atom. The maximum absolute atomic E-state index is 5.67. The molecule has 0 aliphatic heterocycles. The number of hydrogen-bond donors (Lipinski definition) is 1. The van der Waals surface area contributed by atoms with Crippen molar-refractivity contribution in [3.63, 3.8) is 0 Å². The van der Waals surface area contributed by atoms with Crippen molar-refractivity contribution in [1.82, 2.24) is 15.1 Å². The van der Waals surface area contributed by atoms with Crippen LogP contribution in [0, 0.1) is 6.92 Å². The van der Waals surface area contributed by atoms with Crippen LogP contribution in [0.25, 0.3) is 10.8 Å². The van der Waals surface area contributed by atoms with Gasteiger partial charge >= 0.3 is 0 Å². The Morgan fingerprint density at radius 3 is 2.80 bits per heavy atom. The summed E-state index contributed by atoms with van der Waals surface area (Å²) < 4.78 is 5.10. The second kappa shape index (κ2) is 3.98. The van der Waals surface area contributed by atoms with Crippen molar-refractivity contribution in [2.45, 2.75) is 26.7 Å². The van der Waals surface area contributed by atoms with Crippen LogP contribution in [0.1, 0.15) is 24.9 Å². The summed E-state index contributed by atoms with van der Waals surface area (Å²) in [6, 6.07) is 0. The third-order valence-electron chi connectivity index (χ3n) is 1.92. The molecule has 80 valence electrons. The zero-order valence-electron chi connectivity index (χ0n) is 8.65. The molecule has 2 rings (SSSR count). The van der Waals surface area contributed by atoms with Crippen molar-refractivity contribution in [2.24, 2.45) is 0 Å². The minimum absolute atomic E-state index is 0.519. The monoisotopic (exact) mass is 224 g/mol. The van der Waals surface area contributed by atoms with E-state index in [9.17, 15) is 0 Å². The number of aromatic nitrogens is 3. The van der Waals surface area contributed by atoms with E-state index in [-0.39, 0.29) is 0 Å². The van der Waals surface area contributed by atoms with Crippen molar-refractivity contribution < 1.29 is 4.52 Å². The summed E-state index contributed by atoms with van der Waals surface area (Å²) in [5.74, 6) is 1.14. The molecule has 0 aliphatic carbocycles. The average Bonchev–Trinajstić information content (AvgIpc) is 2.73. The number of anilines is 1. The van der Waals surface area contributed by atoms with Crippen molar-refractivity contribution in [1.29, 1.82) is 0 Å². The minimum Gasteiger partial charge on any atom is -0.375 e. The summed E-state index contributed by atoms with van der Waals surface area (Å²) >= 11 is 1.39. The van der Waals surface area contributed by atoms with Crippen LogP contribution in [0.2, 0.25) is 0 Å². The van der Waals surface area contributed by atoms with E-state index in [1.54, 1.807) is 6.92 Å². The lowest BCUT2D eigenvalue weighted by atomic mass is 10.2. The lowest BCUT2D eigenvalue weighted by Gasteiger charge is -1.93. The molecule has 0 amide bonds. The maximum atomic E-state index is 5.67. The van der Waals surface area contributed by atoms with Crippen LogP contribution in [-0.2, 0) is 6.42 Å². The van der Waals surface area contributed by atoms with Crippen molar-refractivity contribution in [2.75, 3.05) is 5.73 Å². The normalized spacial score (nSPS) is 10.8. The zero-order valence-corrected chi connectivity index (χ0v) is 9.47. The standard InChI is InChI=1S/C9H12N4OS/c1-3-4-6-7(15-9(10)12-6)8-11-5(2)13-14-8/h3-4H2,1-2H3,(H2,10,12). The fraction of sp³-hybridized carbons (Fsp3) is 0.444. The Balaban J connectivity index is 2.42. The Morgan fingerprint density at radius 1 is 1.40 bits per heavy atom. The molecule has 0 aromatic carbocycles. The molecular weight excluding hydrogens is 212 g/mol. The van der Waals surface area contributed by atoms with Crippen LogP contribution < -0.4 is 5.73 Å². The summed E-state index contributed by atoms with van der Waals surface area (Å²) in [7, 11) is 0. The van der Waals surface area contributed by atoms with Gasteiger partial charge in [0.25, 0.3) is 5.89 Å². The second-order valence-corrected chi connectivity index (χ2v) is 4.26. The Bertz CT molecular complexity index is 462. The van der Waals surface area contributed by atoms with Crippen molar-refractivity contribution >= 4 is 16.5 Å². The third-order valence-corrected chi connectivity index (χ3v) is 2.84. The molecule has 0 bridgehead atoms. The maximum Gasteiger partial charge on any atom is 0.269 e. The molecular formula is C9H12N4OS. The lowest BCUT2D eigenvalue weighted by Crippen LogP contribution is -1.88. The number of aryl methyl sites for hydroxylation is 2. The van der Waals surface area contributed by atoms with Gasteiger partial charge in [-0.05, 0) is 13.3 Å². The highest BCUT2D eigenvalue weighted by atomic mass is 32.1. The van der Waals surface area contributed by atoms with Gasteiger partial charge in [-0.1, -0.05) is 29.8 Å². The molecule has 5 nitrogen and oxygen atoms in total. The van der Waals surface area contributed by atoms with Gasteiger partial charge in [-0.15, -0.1) is 0 Å². The van der Waals surface area contributed by atoms with Gasteiger partial charge in [-0.3, -0.25) is 0 Å². The van der Waals surface area contributed by atoms with E-state index in [1.165, 1.54) is 11.3 Å². The third kappa shape index (κ3) is 1.99. The Kier molecular flexibility index (Phi) is 2.68. The zero-order chi connectivity index (χ0) is 10.8. The molecule has 0 atom stereocenters. The van der Waals surface area contributed by atoms with E-state index in [0.717, 1.165) is 23.4 Å². The molecule has 6 heteroatoms.